The van der Waals surface area contributed by atoms with Gasteiger partial charge in [-0.15, -0.1) is 0 Å². The van der Waals surface area contributed by atoms with Crippen molar-refractivity contribution in [1.29, 1.82) is 0 Å². The minimum Gasteiger partial charge on any atom is -0.495 e. The Morgan fingerprint density at radius 3 is 2.38 bits per heavy atom. The maximum atomic E-state index is 12.7. The van der Waals surface area contributed by atoms with Crippen LogP contribution < -0.4 is 9.64 Å². The molecule has 0 amide bonds. The van der Waals surface area contributed by atoms with E-state index in [1.165, 1.54) is 25.2 Å². The molecule has 26 heavy (non-hydrogen) atoms. The Bertz CT molecular complexity index is 862. The third-order valence-electron chi connectivity index (χ3n) is 4.29. The van der Waals surface area contributed by atoms with Crippen molar-refractivity contribution in [3.8, 4) is 5.75 Å². The van der Waals surface area contributed by atoms with Crippen molar-refractivity contribution in [2.75, 3.05) is 19.1 Å². The second-order valence-corrected chi connectivity index (χ2v) is 5.84. The number of aliphatic hydroxyl groups is 1. The second-order valence-electron chi connectivity index (χ2n) is 5.84. The van der Waals surface area contributed by atoms with Gasteiger partial charge in [0, 0.05) is 6.08 Å². The number of rotatable bonds is 5. The standard InChI is InChI=1S/C20H19NO5/c1-25-17-11-7-6-10-15(17)21-16(14-8-4-3-5-9-14)12-18(22)20(21,24)13-19(23)26-2/h3-12,24H,13H2,1-2H3. The van der Waals surface area contributed by atoms with Gasteiger partial charge >= 0.3 is 5.97 Å². The van der Waals surface area contributed by atoms with Gasteiger partial charge in [-0.3, -0.25) is 9.59 Å². The molecule has 1 heterocycles. The smallest absolute Gasteiger partial charge is 0.310 e. The quantitative estimate of drug-likeness (QED) is 0.832. The van der Waals surface area contributed by atoms with E-state index in [0.717, 1.165) is 5.56 Å². The molecular weight excluding hydrogens is 334 g/mol. The predicted molar refractivity (Wildman–Crippen MR) is 96.5 cm³/mol. The zero-order chi connectivity index (χ0) is 18.7. The highest BCUT2D eigenvalue weighted by Gasteiger charge is 2.50. The Hall–Kier alpha value is -3.12. The molecule has 0 bridgehead atoms. The molecule has 2 aromatic rings. The summed E-state index contributed by atoms with van der Waals surface area (Å²) >= 11 is 0. The van der Waals surface area contributed by atoms with E-state index < -0.39 is 23.9 Å². The summed E-state index contributed by atoms with van der Waals surface area (Å²) in [6, 6.07) is 16.2. The Morgan fingerprint density at radius 2 is 1.73 bits per heavy atom. The van der Waals surface area contributed by atoms with Gasteiger partial charge in [-0.2, -0.15) is 0 Å². The van der Waals surface area contributed by atoms with E-state index in [0.29, 0.717) is 17.1 Å². The van der Waals surface area contributed by atoms with Crippen molar-refractivity contribution >= 4 is 23.1 Å². The van der Waals surface area contributed by atoms with Gasteiger partial charge in [-0.1, -0.05) is 42.5 Å². The van der Waals surface area contributed by atoms with Crippen molar-refractivity contribution in [3.05, 3.63) is 66.2 Å². The zero-order valence-electron chi connectivity index (χ0n) is 14.5. The van der Waals surface area contributed by atoms with Gasteiger partial charge in [-0.05, 0) is 17.7 Å². The number of carbonyl (C=O) groups is 2. The van der Waals surface area contributed by atoms with Crippen LogP contribution in [0.15, 0.2) is 60.7 Å². The summed E-state index contributed by atoms with van der Waals surface area (Å²) in [7, 11) is 2.71. The first-order valence-electron chi connectivity index (χ1n) is 8.05. The van der Waals surface area contributed by atoms with Crippen LogP contribution in [-0.2, 0) is 14.3 Å². The second kappa shape index (κ2) is 7.01. The van der Waals surface area contributed by atoms with E-state index in [-0.39, 0.29) is 0 Å². The number of anilines is 1. The van der Waals surface area contributed by atoms with Crippen LogP contribution in [0.4, 0.5) is 5.69 Å². The van der Waals surface area contributed by atoms with Crippen LogP contribution in [0.25, 0.3) is 5.70 Å². The summed E-state index contributed by atoms with van der Waals surface area (Å²) in [4.78, 5) is 26.0. The van der Waals surface area contributed by atoms with Crippen LogP contribution in [0.3, 0.4) is 0 Å². The molecule has 0 aromatic heterocycles. The molecule has 1 N–H and O–H groups in total. The normalized spacial score (nSPS) is 19.3. The van der Waals surface area contributed by atoms with Gasteiger partial charge in [0.2, 0.25) is 11.5 Å². The lowest BCUT2D eigenvalue weighted by atomic mass is 10.0. The first-order valence-corrected chi connectivity index (χ1v) is 8.05. The number of hydrogen-bond acceptors (Lipinski definition) is 6. The first kappa shape index (κ1) is 17.7. The predicted octanol–water partition coefficient (Wildman–Crippen LogP) is 2.38. The number of nitrogens with zero attached hydrogens (tertiary/aromatic N) is 1. The lowest BCUT2D eigenvalue weighted by Crippen LogP contribution is -2.51. The first-order chi connectivity index (χ1) is 12.5. The molecule has 6 nitrogen and oxygen atoms in total. The van der Waals surface area contributed by atoms with Gasteiger partial charge in [0.25, 0.3) is 0 Å². The number of ether oxygens (including phenoxy) is 2. The Balaban J connectivity index is 2.18. The highest BCUT2D eigenvalue weighted by atomic mass is 16.5. The number of carbonyl (C=O) groups excluding carboxylic acids is 2. The molecule has 0 radical (unpaired) electrons. The van der Waals surface area contributed by atoms with Crippen LogP contribution in [0.1, 0.15) is 12.0 Å². The molecule has 134 valence electrons. The zero-order valence-corrected chi connectivity index (χ0v) is 14.5. The summed E-state index contributed by atoms with van der Waals surface area (Å²) in [5, 5.41) is 11.2. The van der Waals surface area contributed by atoms with Crippen LogP contribution in [0.5, 0.6) is 5.75 Å². The fraction of sp³-hybridized carbons (Fsp3) is 0.200. The molecule has 0 saturated heterocycles. The molecule has 0 spiro atoms. The summed E-state index contributed by atoms with van der Waals surface area (Å²) in [6.45, 7) is 0. The van der Waals surface area contributed by atoms with Crippen LogP contribution in [0, 0.1) is 0 Å². The highest BCUT2D eigenvalue weighted by Crippen LogP contribution is 2.43. The summed E-state index contributed by atoms with van der Waals surface area (Å²) < 4.78 is 10.1. The van der Waals surface area contributed by atoms with Crippen LogP contribution >= 0.6 is 0 Å². The average Bonchev–Trinajstić information content (AvgIpc) is 2.93. The maximum Gasteiger partial charge on any atom is 0.310 e. The molecule has 1 aliphatic heterocycles. The van der Waals surface area contributed by atoms with E-state index in [1.54, 1.807) is 24.3 Å². The monoisotopic (exact) mass is 353 g/mol. The topological polar surface area (TPSA) is 76.1 Å². The van der Waals surface area contributed by atoms with Gasteiger partial charge in [0.15, 0.2) is 0 Å². The maximum absolute atomic E-state index is 12.7. The van der Waals surface area contributed by atoms with Gasteiger partial charge in [0.1, 0.15) is 12.2 Å². The fourth-order valence-electron chi connectivity index (χ4n) is 3.02. The van der Waals surface area contributed by atoms with Crippen LogP contribution in [0.2, 0.25) is 0 Å². The molecular formula is C20H19NO5. The molecule has 6 heteroatoms. The molecule has 0 fully saturated rings. The summed E-state index contributed by atoms with van der Waals surface area (Å²) in [5.74, 6) is -0.816. The Morgan fingerprint density at radius 1 is 1.08 bits per heavy atom. The molecule has 0 saturated carbocycles. The lowest BCUT2D eigenvalue weighted by molar-refractivity contribution is -0.150. The van der Waals surface area contributed by atoms with E-state index in [1.807, 2.05) is 30.3 Å². The number of ketones is 1. The Kier molecular flexibility index (Phi) is 4.77. The molecule has 1 atom stereocenters. The molecule has 3 rings (SSSR count). The number of esters is 1. The number of benzene rings is 2. The number of para-hydroxylation sites is 2. The largest absolute Gasteiger partial charge is 0.495 e. The fourth-order valence-corrected chi connectivity index (χ4v) is 3.02. The SMILES string of the molecule is COC(=O)CC1(O)C(=O)C=C(c2ccccc2)N1c1ccccc1OC. The number of methoxy groups -OCH3 is 2. The molecule has 0 aliphatic carbocycles. The van der Waals surface area contributed by atoms with Crippen molar-refractivity contribution in [2.45, 2.75) is 12.1 Å². The van der Waals surface area contributed by atoms with Gasteiger partial charge < -0.3 is 19.5 Å². The van der Waals surface area contributed by atoms with Crippen molar-refractivity contribution in [2.24, 2.45) is 0 Å². The third-order valence-corrected chi connectivity index (χ3v) is 4.29. The molecule has 1 aliphatic rings. The average molecular weight is 353 g/mol. The van der Waals surface area contributed by atoms with E-state index in [4.69, 9.17) is 4.74 Å². The molecule has 1 unspecified atom stereocenters. The van der Waals surface area contributed by atoms with Crippen LogP contribution in [-0.4, -0.2) is 36.8 Å². The van der Waals surface area contributed by atoms with Gasteiger partial charge in [0.05, 0.1) is 25.6 Å². The Labute approximate surface area is 151 Å². The summed E-state index contributed by atoms with van der Waals surface area (Å²) in [6.07, 6.45) is 0.831. The minimum absolute atomic E-state index is 0.465. The van der Waals surface area contributed by atoms with E-state index in [9.17, 15) is 14.7 Å². The van der Waals surface area contributed by atoms with Crippen molar-refractivity contribution < 1.29 is 24.2 Å². The van der Waals surface area contributed by atoms with Crippen molar-refractivity contribution in [3.63, 3.8) is 0 Å². The third kappa shape index (κ3) is 2.95. The van der Waals surface area contributed by atoms with E-state index in [2.05, 4.69) is 4.74 Å². The highest BCUT2D eigenvalue weighted by molar-refractivity contribution is 6.14. The summed E-state index contributed by atoms with van der Waals surface area (Å²) in [5.41, 5.74) is -0.409. The molecule has 2 aromatic carbocycles. The van der Waals surface area contributed by atoms with E-state index >= 15 is 0 Å². The van der Waals surface area contributed by atoms with Gasteiger partial charge in [-0.25, -0.2) is 0 Å². The minimum atomic E-state index is -2.09. The van der Waals surface area contributed by atoms with Crippen molar-refractivity contribution in [1.82, 2.24) is 0 Å². The lowest BCUT2D eigenvalue weighted by Gasteiger charge is -2.36. The number of hydrogen-bond donors (Lipinski definition) is 1.